The summed E-state index contributed by atoms with van der Waals surface area (Å²) >= 11 is 7.94. The lowest BCUT2D eigenvalue weighted by molar-refractivity contribution is -0.126. The van der Waals surface area contributed by atoms with E-state index < -0.39 is 6.04 Å². The van der Waals surface area contributed by atoms with Gasteiger partial charge in [-0.3, -0.25) is 14.5 Å². The van der Waals surface area contributed by atoms with Gasteiger partial charge in [-0.05, 0) is 43.7 Å². The third-order valence-electron chi connectivity index (χ3n) is 6.14. The Labute approximate surface area is 219 Å². The minimum Gasteiger partial charge on any atom is -0.350 e. The standard InChI is InChI=1S/C28H25ClN4O2S/c1-18-12-14-20(15-13-18)16-30-27(35)26-25-19(2)31-33(21-8-4-3-5-9-21)28(25)36-17-24(34)32(26)23-11-7-6-10-22(23)29/h3-15,26H,16-17H2,1-2H3,(H,30,35)/t26-/m1/s1. The Morgan fingerprint density at radius 2 is 1.72 bits per heavy atom. The Balaban J connectivity index is 1.62. The molecule has 2 amide bonds. The van der Waals surface area contributed by atoms with Crippen LogP contribution < -0.4 is 10.2 Å². The number of nitrogens with zero attached hydrogens (tertiary/aromatic N) is 3. The molecule has 1 aromatic heterocycles. The van der Waals surface area contributed by atoms with Crippen molar-refractivity contribution in [3.8, 4) is 5.69 Å². The predicted octanol–water partition coefficient (Wildman–Crippen LogP) is 5.64. The van der Waals surface area contributed by atoms with Gasteiger partial charge in [-0.15, -0.1) is 0 Å². The normalized spacial score (nSPS) is 15.4. The lowest BCUT2D eigenvalue weighted by Crippen LogP contribution is -2.44. The van der Waals surface area contributed by atoms with Gasteiger partial charge in [-0.2, -0.15) is 5.10 Å². The molecule has 5 rings (SSSR count). The lowest BCUT2D eigenvalue weighted by atomic mass is 10.0. The number of rotatable bonds is 5. The van der Waals surface area contributed by atoms with Crippen LogP contribution in [0, 0.1) is 13.8 Å². The number of hydrogen-bond acceptors (Lipinski definition) is 4. The number of thioether (sulfide) groups is 1. The first-order valence-electron chi connectivity index (χ1n) is 11.6. The minimum absolute atomic E-state index is 0.151. The van der Waals surface area contributed by atoms with Gasteiger partial charge < -0.3 is 5.32 Å². The lowest BCUT2D eigenvalue weighted by Gasteiger charge is -2.30. The fraction of sp³-hybridized carbons (Fsp3) is 0.179. The largest absolute Gasteiger partial charge is 0.350 e. The van der Waals surface area contributed by atoms with Crippen LogP contribution in [-0.4, -0.2) is 27.3 Å². The monoisotopic (exact) mass is 516 g/mol. The molecule has 0 bridgehead atoms. The first-order chi connectivity index (χ1) is 17.4. The Morgan fingerprint density at radius 1 is 1.03 bits per heavy atom. The molecule has 0 saturated carbocycles. The number of amides is 2. The average Bonchev–Trinajstić information content (AvgIpc) is 3.13. The van der Waals surface area contributed by atoms with Gasteiger partial charge in [0.2, 0.25) is 11.8 Å². The number of nitrogens with one attached hydrogen (secondary N) is 1. The number of aryl methyl sites for hydroxylation is 2. The van der Waals surface area contributed by atoms with E-state index in [9.17, 15) is 9.59 Å². The SMILES string of the molecule is Cc1ccc(CNC(=O)[C@H]2c3c(C)nn(-c4ccccc4)c3SCC(=O)N2c2ccccc2Cl)cc1. The molecular formula is C28H25ClN4O2S. The van der Waals surface area contributed by atoms with Crippen LogP contribution in [0.3, 0.4) is 0 Å². The Morgan fingerprint density at radius 3 is 2.44 bits per heavy atom. The Hall–Kier alpha value is -3.55. The maximum Gasteiger partial charge on any atom is 0.248 e. The van der Waals surface area contributed by atoms with Crippen molar-refractivity contribution < 1.29 is 9.59 Å². The first kappa shape index (κ1) is 24.2. The highest BCUT2D eigenvalue weighted by molar-refractivity contribution is 8.00. The molecule has 0 saturated heterocycles. The summed E-state index contributed by atoms with van der Waals surface area (Å²) in [5, 5.41) is 9.02. The quantitative estimate of drug-likeness (QED) is 0.373. The van der Waals surface area contributed by atoms with E-state index in [0.29, 0.717) is 28.5 Å². The average molecular weight is 517 g/mol. The van der Waals surface area contributed by atoms with E-state index in [-0.39, 0.29) is 17.6 Å². The van der Waals surface area contributed by atoms with Gasteiger partial charge >= 0.3 is 0 Å². The predicted molar refractivity (Wildman–Crippen MR) is 144 cm³/mol. The van der Waals surface area contributed by atoms with Gasteiger partial charge in [-0.25, -0.2) is 4.68 Å². The zero-order valence-corrected chi connectivity index (χ0v) is 21.5. The highest BCUT2D eigenvalue weighted by Crippen LogP contribution is 2.42. The first-order valence-corrected chi connectivity index (χ1v) is 13.0. The van der Waals surface area contributed by atoms with Gasteiger partial charge in [0.05, 0.1) is 27.8 Å². The van der Waals surface area contributed by atoms with Crippen molar-refractivity contribution in [2.24, 2.45) is 0 Å². The summed E-state index contributed by atoms with van der Waals surface area (Å²) in [6.45, 7) is 4.24. The molecule has 4 aromatic rings. The number of carbonyl (C=O) groups is 2. The fourth-order valence-electron chi connectivity index (χ4n) is 4.35. The molecule has 0 spiro atoms. The zero-order valence-electron chi connectivity index (χ0n) is 19.9. The molecule has 36 heavy (non-hydrogen) atoms. The molecule has 3 aromatic carbocycles. The molecule has 1 atom stereocenters. The number of halogens is 1. The van der Waals surface area contributed by atoms with Crippen LogP contribution in [0.25, 0.3) is 5.69 Å². The molecule has 1 aliphatic heterocycles. The molecule has 182 valence electrons. The molecular weight excluding hydrogens is 492 g/mol. The number of benzene rings is 3. The smallest absolute Gasteiger partial charge is 0.248 e. The van der Waals surface area contributed by atoms with E-state index in [1.165, 1.54) is 16.7 Å². The number of fused-ring (bicyclic) bond motifs is 1. The van der Waals surface area contributed by atoms with Crippen LogP contribution >= 0.6 is 23.4 Å². The van der Waals surface area contributed by atoms with Crippen LogP contribution in [0.1, 0.15) is 28.4 Å². The summed E-state index contributed by atoms with van der Waals surface area (Å²) in [6, 6.07) is 23.9. The van der Waals surface area contributed by atoms with Crippen LogP contribution in [0.15, 0.2) is 83.9 Å². The summed E-state index contributed by atoms with van der Waals surface area (Å²) in [7, 11) is 0. The van der Waals surface area contributed by atoms with E-state index in [2.05, 4.69) is 5.32 Å². The van der Waals surface area contributed by atoms with Gasteiger partial charge in [0.15, 0.2) is 0 Å². The zero-order chi connectivity index (χ0) is 25.2. The summed E-state index contributed by atoms with van der Waals surface area (Å²) in [4.78, 5) is 29.0. The van der Waals surface area contributed by atoms with E-state index >= 15 is 0 Å². The Bertz CT molecular complexity index is 1420. The van der Waals surface area contributed by atoms with Crippen molar-refractivity contribution in [2.75, 3.05) is 10.7 Å². The summed E-state index contributed by atoms with van der Waals surface area (Å²) in [6.07, 6.45) is 0. The third-order valence-corrected chi connectivity index (χ3v) is 7.52. The highest BCUT2D eigenvalue weighted by atomic mass is 35.5. The fourth-order valence-corrected chi connectivity index (χ4v) is 5.66. The van der Waals surface area contributed by atoms with Crippen molar-refractivity contribution in [3.05, 3.63) is 106 Å². The van der Waals surface area contributed by atoms with Gasteiger partial charge in [0.25, 0.3) is 0 Å². The van der Waals surface area contributed by atoms with E-state index in [4.69, 9.17) is 16.7 Å². The van der Waals surface area contributed by atoms with Crippen molar-refractivity contribution in [3.63, 3.8) is 0 Å². The summed E-state index contributed by atoms with van der Waals surface area (Å²) in [5.41, 5.74) is 4.88. The van der Waals surface area contributed by atoms with Crippen molar-refractivity contribution >= 4 is 40.9 Å². The Kier molecular flexibility index (Phi) is 6.85. The van der Waals surface area contributed by atoms with Crippen LogP contribution in [0.4, 0.5) is 5.69 Å². The van der Waals surface area contributed by atoms with E-state index in [0.717, 1.165) is 21.8 Å². The molecule has 0 aliphatic carbocycles. The van der Waals surface area contributed by atoms with Crippen LogP contribution in [-0.2, 0) is 16.1 Å². The van der Waals surface area contributed by atoms with Gasteiger partial charge in [-0.1, -0.05) is 83.5 Å². The molecule has 2 heterocycles. The van der Waals surface area contributed by atoms with Gasteiger partial charge in [0, 0.05) is 12.1 Å². The van der Waals surface area contributed by atoms with Crippen LogP contribution in [0.2, 0.25) is 5.02 Å². The van der Waals surface area contributed by atoms with E-state index in [1.807, 2.05) is 79.2 Å². The second-order valence-electron chi connectivity index (χ2n) is 8.66. The molecule has 6 nitrogen and oxygen atoms in total. The molecule has 1 N–H and O–H groups in total. The summed E-state index contributed by atoms with van der Waals surface area (Å²) < 4.78 is 1.82. The highest BCUT2D eigenvalue weighted by Gasteiger charge is 2.41. The second-order valence-corrected chi connectivity index (χ2v) is 10.0. The molecule has 0 unspecified atom stereocenters. The van der Waals surface area contributed by atoms with Gasteiger partial charge in [0.1, 0.15) is 11.1 Å². The molecule has 1 aliphatic rings. The topological polar surface area (TPSA) is 67.2 Å². The molecule has 8 heteroatoms. The van der Waals surface area contributed by atoms with Crippen LogP contribution in [0.5, 0.6) is 0 Å². The number of aromatic nitrogens is 2. The summed E-state index contributed by atoms with van der Waals surface area (Å²) in [5.74, 6) is -0.333. The van der Waals surface area contributed by atoms with Crippen molar-refractivity contribution in [1.29, 1.82) is 0 Å². The van der Waals surface area contributed by atoms with Crippen molar-refractivity contribution in [2.45, 2.75) is 31.5 Å². The second kappa shape index (κ2) is 10.2. The number of carbonyl (C=O) groups excluding carboxylic acids is 2. The number of hydrogen-bond donors (Lipinski definition) is 1. The molecule has 0 radical (unpaired) electrons. The number of para-hydroxylation sites is 2. The van der Waals surface area contributed by atoms with Crippen molar-refractivity contribution in [1.82, 2.24) is 15.1 Å². The maximum atomic E-state index is 13.9. The third kappa shape index (κ3) is 4.64. The minimum atomic E-state index is -0.926. The van der Waals surface area contributed by atoms with E-state index in [1.54, 1.807) is 18.2 Å². The maximum absolute atomic E-state index is 13.9. The number of anilines is 1. The molecule has 0 fully saturated rings.